The maximum Gasteiger partial charge on any atom is 0.304 e. The van der Waals surface area contributed by atoms with Gasteiger partial charge in [0, 0.05) is 18.8 Å². The van der Waals surface area contributed by atoms with Crippen LogP contribution in [0.1, 0.15) is 5.69 Å². The highest BCUT2D eigenvalue weighted by Crippen LogP contribution is 2.22. The van der Waals surface area contributed by atoms with Gasteiger partial charge in [-0.2, -0.15) is 0 Å². The minimum absolute atomic E-state index is 0.151. The number of benzene rings is 1. The van der Waals surface area contributed by atoms with Crippen LogP contribution in [0.3, 0.4) is 0 Å². The van der Waals surface area contributed by atoms with Gasteiger partial charge in [0.05, 0.1) is 6.61 Å². The molecule has 0 radical (unpaired) electrons. The lowest BCUT2D eigenvalue weighted by molar-refractivity contribution is 0.263. The van der Waals surface area contributed by atoms with E-state index in [1.807, 2.05) is 12.1 Å². The van der Waals surface area contributed by atoms with Crippen molar-refractivity contribution < 1.29 is 14.2 Å². The van der Waals surface area contributed by atoms with E-state index in [0.717, 1.165) is 12.4 Å². The second-order valence-electron chi connectivity index (χ2n) is 4.92. The Bertz CT molecular complexity index is 690. The van der Waals surface area contributed by atoms with Crippen molar-refractivity contribution in [3.05, 3.63) is 46.4 Å². The summed E-state index contributed by atoms with van der Waals surface area (Å²) in [4.78, 5) is 15.9. The summed E-state index contributed by atoms with van der Waals surface area (Å²) in [7, 11) is 1.62. The van der Waals surface area contributed by atoms with E-state index < -0.39 is 0 Å². The first-order chi connectivity index (χ1) is 10.1. The maximum atomic E-state index is 11.7. The second kappa shape index (κ2) is 5.57. The van der Waals surface area contributed by atoms with E-state index in [4.69, 9.17) is 14.2 Å². The van der Waals surface area contributed by atoms with E-state index in [1.165, 1.54) is 10.6 Å². The van der Waals surface area contributed by atoms with E-state index in [2.05, 4.69) is 4.98 Å². The zero-order valence-corrected chi connectivity index (χ0v) is 11.9. The molecule has 1 aromatic heterocycles. The molecule has 0 spiro atoms. The van der Waals surface area contributed by atoms with E-state index in [9.17, 15) is 4.79 Å². The largest absolute Gasteiger partial charge is 0.491 e. The van der Waals surface area contributed by atoms with Gasteiger partial charge < -0.3 is 14.2 Å². The van der Waals surface area contributed by atoms with Gasteiger partial charge in [0.2, 0.25) is 0 Å². The summed E-state index contributed by atoms with van der Waals surface area (Å²) in [6.07, 6.45) is 0.229. The lowest BCUT2D eigenvalue weighted by atomic mass is 10.3. The minimum Gasteiger partial charge on any atom is -0.491 e. The van der Waals surface area contributed by atoms with Gasteiger partial charge in [0.25, 0.3) is 5.56 Å². The van der Waals surface area contributed by atoms with Crippen LogP contribution in [0.25, 0.3) is 0 Å². The molecule has 2 aromatic rings. The first-order valence-electron chi connectivity index (χ1n) is 6.69. The Hall–Kier alpha value is -2.34. The summed E-state index contributed by atoms with van der Waals surface area (Å²) in [5.41, 5.74) is 0.472. The predicted molar refractivity (Wildman–Crippen MR) is 76.0 cm³/mol. The number of epoxide rings is 1. The van der Waals surface area contributed by atoms with Gasteiger partial charge in [-0.25, -0.2) is 4.98 Å². The number of hydrogen-bond donors (Lipinski definition) is 0. The average Bonchev–Trinajstić information content (AvgIpc) is 3.28. The first kappa shape index (κ1) is 13.6. The lowest BCUT2D eigenvalue weighted by Crippen LogP contribution is -2.19. The number of nitrogens with zero attached hydrogens (tertiary/aromatic N) is 2. The Morgan fingerprint density at radius 1 is 1.33 bits per heavy atom. The van der Waals surface area contributed by atoms with Crippen molar-refractivity contribution in [1.82, 2.24) is 9.55 Å². The molecule has 2 heterocycles. The third-order valence-corrected chi connectivity index (χ3v) is 3.09. The van der Waals surface area contributed by atoms with Crippen molar-refractivity contribution in [3.8, 4) is 17.5 Å². The smallest absolute Gasteiger partial charge is 0.304 e. The Morgan fingerprint density at radius 3 is 2.67 bits per heavy atom. The number of aromatic nitrogens is 2. The molecule has 0 aliphatic carbocycles. The number of hydrogen-bond acceptors (Lipinski definition) is 5. The molecule has 21 heavy (non-hydrogen) atoms. The quantitative estimate of drug-likeness (QED) is 0.783. The van der Waals surface area contributed by atoms with E-state index >= 15 is 0 Å². The molecule has 1 atom stereocenters. The Morgan fingerprint density at radius 2 is 2.00 bits per heavy atom. The minimum atomic E-state index is -0.151. The topological polar surface area (TPSA) is 65.9 Å². The lowest BCUT2D eigenvalue weighted by Gasteiger charge is -2.10. The molecule has 0 amide bonds. The third-order valence-electron chi connectivity index (χ3n) is 3.09. The van der Waals surface area contributed by atoms with Crippen LogP contribution in [0.5, 0.6) is 17.5 Å². The fourth-order valence-electron chi connectivity index (χ4n) is 1.78. The van der Waals surface area contributed by atoms with Crippen molar-refractivity contribution in [2.24, 2.45) is 7.05 Å². The monoisotopic (exact) mass is 288 g/mol. The van der Waals surface area contributed by atoms with Gasteiger partial charge in [-0.15, -0.1) is 0 Å². The molecular weight excluding hydrogens is 272 g/mol. The van der Waals surface area contributed by atoms with Crippen LogP contribution in [0, 0.1) is 6.92 Å². The van der Waals surface area contributed by atoms with Crippen LogP contribution in [0.4, 0.5) is 0 Å². The summed E-state index contributed by atoms with van der Waals surface area (Å²) in [5.74, 6) is 1.35. The second-order valence-corrected chi connectivity index (χ2v) is 4.92. The fourth-order valence-corrected chi connectivity index (χ4v) is 1.78. The van der Waals surface area contributed by atoms with Crippen molar-refractivity contribution in [2.75, 3.05) is 13.2 Å². The molecule has 0 bridgehead atoms. The summed E-state index contributed by atoms with van der Waals surface area (Å²) in [5, 5.41) is 0. The van der Waals surface area contributed by atoms with Crippen LogP contribution in [-0.4, -0.2) is 28.9 Å². The molecule has 3 rings (SSSR count). The predicted octanol–water partition coefficient (Wildman–Crippen LogP) is 1.66. The molecule has 6 nitrogen and oxygen atoms in total. The molecule has 0 N–H and O–H groups in total. The van der Waals surface area contributed by atoms with Crippen LogP contribution in [-0.2, 0) is 11.8 Å². The summed E-state index contributed by atoms with van der Waals surface area (Å²) < 4.78 is 17.6. The molecule has 1 fully saturated rings. The average molecular weight is 288 g/mol. The zero-order chi connectivity index (χ0) is 14.8. The van der Waals surface area contributed by atoms with Crippen LogP contribution < -0.4 is 15.0 Å². The van der Waals surface area contributed by atoms with Crippen molar-refractivity contribution in [2.45, 2.75) is 13.0 Å². The molecule has 6 heteroatoms. The first-order valence-corrected chi connectivity index (χ1v) is 6.69. The SMILES string of the molecule is Cc1cc(=O)n(C)c(Oc2ccc(OCC3CO3)cc2)n1. The normalized spacial score (nSPS) is 16.6. The van der Waals surface area contributed by atoms with Crippen LogP contribution >= 0.6 is 0 Å². The standard InChI is InChI=1S/C15H16N2O4/c1-10-7-14(18)17(2)15(16-10)21-12-5-3-11(4-6-12)19-8-13-9-20-13/h3-7,13H,8-9H2,1-2H3. The maximum absolute atomic E-state index is 11.7. The molecule has 1 aromatic carbocycles. The van der Waals surface area contributed by atoms with Gasteiger partial charge >= 0.3 is 6.01 Å². The molecule has 0 saturated carbocycles. The molecule has 1 aliphatic heterocycles. The number of aryl methyl sites for hydroxylation is 1. The molecule has 1 aliphatic rings. The van der Waals surface area contributed by atoms with E-state index in [1.54, 1.807) is 26.1 Å². The molecule has 1 saturated heterocycles. The van der Waals surface area contributed by atoms with Gasteiger partial charge in [-0.3, -0.25) is 9.36 Å². The summed E-state index contributed by atoms with van der Waals surface area (Å²) in [6, 6.07) is 8.90. The van der Waals surface area contributed by atoms with Crippen molar-refractivity contribution in [1.29, 1.82) is 0 Å². The highest BCUT2D eigenvalue weighted by molar-refractivity contribution is 5.33. The summed E-state index contributed by atoms with van der Waals surface area (Å²) >= 11 is 0. The van der Waals surface area contributed by atoms with Gasteiger partial charge in [-0.05, 0) is 31.2 Å². The Labute approximate surface area is 121 Å². The number of rotatable bonds is 5. The zero-order valence-electron chi connectivity index (χ0n) is 11.9. The molecule has 1 unspecified atom stereocenters. The fraction of sp³-hybridized carbons (Fsp3) is 0.333. The van der Waals surface area contributed by atoms with E-state index in [0.29, 0.717) is 18.1 Å². The van der Waals surface area contributed by atoms with Crippen molar-refractivity contribution >= 4 is 0 Å². The van der Waals surface area contributed by atoms with E-state index in [-0.39, 0.29) is 17.7 Å². The number of ether oxygens (including phenoxy) is 3. The third kappa shape index (κ3) is 3.41. The van der Waals surface area contributed by atoms with Crippen LogP contribution in [0.15, 0.2) is 35.1 Å². The highest BCUT2D eigenvalue weighted by atomic mass is 16.6. The Kier molecular flexibility index (Phi) is 3.62. The van der Waals surface area contributed by atoms with Gasteiger partial charge in [0.1, 0.15) is 24.2 Å². The molecule has 110 valence electrons. The van der Waals surface area contributed by atoms with Gasteiger partial charge in [-0.1, -0.05) is 0 Å². The van der Waals surface area contributed by atoms with Gasteiger partial charge in [0.15, 0.2) is 0 Å². The highest BCUT2D eigenvalue weighted by Gasteiger charge is 2.22. The summed E-state index contributed by atoms with van der Waals surface area (Å²) in [6.45, 7) is 3.09. The Balaban J connectivity index is 1.71. The van der Waals surface area contributed by atoms with Crippen molar-refractivity contribution in [3.63, 3.8) is 0 Å². The molecular formula is C15H16N2O4. The van der Waals surface area contributed by atoms with Crippen LogP contribution in [0.2, 0.25) is 0 Å².